The first-order valence-corrected chi connectivity index (χ1v) is 7.45. The minimum Gasteiger partial charge on any atom is -0.497 e. The van der Waals surface area contributed by atoms with Crippen molar-refractivity contribution < 1.29 is 9.53 Å². The SMILES string of the molecule is COc1ccc(C(=O)Nc2ccc3c(c2)sc(=O)n3C)cc1. The fourth-order valence-electron chi connectivity index (χ4n) is 2.16. The molecular weight excluding hydrogens is 300 g/mol. The third kappa shape index (κ3) is 2.60. The van der Waals surface area contributed by atoms with Gasteiger partial charge in [-0.3, -0.25) is 9.59 Å². The molecule has 1 heterocycles. The minimum absolute atomic E-state index is 0.0198. The summed E-state index contributed by atoms with van der Waals surface area (Å²) < 4.78 is 7.51. The summed E-state index contributed by atoms with van der Waals surface area (Å²) in [6, 6.07) is 12.3. The van der Waals surface area contributed by atoms with Crippen LogP contribution in [0.25, 0.3) is 10.2 Å². The zero-order valence-corrected chi connectivity index (χ0v) is 12.9. The van der Waals surface area contributed by atoms with Crippen molar-refractivity contribution in [2.45, 2.75) is 0 Å². The molecule has 0 fully saturated rings. The molecule has 0 spiro atoms. The first kappa shape index (κ1) is 14.3. The maximum absolute atomic E-state index is 12.2. The van der Waals surface area contributed by atoms with Crippen molar-refractivity contribution in [2.24, 2.45) is 7.05 Å². The third-order valence-corrected chi connectivity index (χ3v) is 4.40. The lowest BCUT2D eigenvalue weighted by Crippen LogP contribution is -2.11. The Bertz CT molecular complexity index is 894. The summed E-state index contributed by atoms with van der Waals surface area (Å²) in [5.41, 5.74) is 2.06. The second kappa shape index (κ2) is 5.65. The summed E-state index contributed by atoms with van der Waals surface area (Å²) in [6.45, 7) is 0. The number of benzene rings is 2. The highest BCUT2D eigenvalue weighted by atomic mass is 32.1. The van der Waals surface area contributed by atoms with Crippen LogP contribution in [0, 0.1) is 0 Å². The van der Waals surface area contributed by atoms with Crippen molar-refractivity contribution in [3.05, 3.63) is 57.7 Å². The van der Waals surface area contributed by atoms with E-state index in [4.69, 9.17) is 4.74 Å². The third-order valence-electron chi connectivity index (χ3n) is 3.40. The lowest BCUT2D eigenvalue weighted by Gasteiger charge is -2.06. The Kier molecular flexibility index (Phi) is 3.68. The molecule has 5 nitrogen and oxygen atoms in total. The molecule has 1 N–H and O–H groups in total. The molecule has 0 bridgehead atoms. The number of rotatable bonds is 3. The van der Waals surface area contributed by atoms with Gasteiger partial charge in [0, 0.05) is 18.3 Å². The number of amides is 1. The quantitative estimate of drug-likeness (QED) is 0.808. The van der Waals surface area contributed by atoms with E-state index >= 15 is 0 Å². The van der Waals surface area contributed by atoms with Gasteiger partial charge in [-0.2, -0.15) is 0 Å². The molecule has 0 aliphatic heterocycles. The van der Waals surface area contributed by atoms with E-state index in [9.17, 15) is 9.59 Å². The monoisotopic (exact) mass is 314 g/mol. The van der Waals surface area contributed by atoms with Gasteiger partial charge in [0.05, 0.1) is 17.3 Å². The van der Waals surface area contributed by atoms with Crippen molar-refractivity contribution in [3.8, 4) is 5.75 Å². The molecular formula is C16H14N2O3S. The number of fused-ring (bicyclic) bond motifs is 1. The van der Waals surface area contributed by atoms with Gasteiger partial charge in [0.2, 0.25) is 0 Å². The van der Waals surface area contributed by atoms with E-state index in [1.54, 1.807) is 49.1 Å². The van der Waals surface area contributed by atoms with Gasteiger partial charge in [-0.25, -0.2) is 0 Å². The predicted octanol–water partition coefficient (Wildman–Crippen LogP) is 2.86. The van der Waals surface area contributed by atoms with Crippen LogP contribution in [0.15, 0.2) is 47.3 Å². The summed E-state index contributed by atoms with van der Waals surface area (Å²) in [6.07, 6.45) is 0. The fraction of sp³-hybridized carbons (Fsp3) is 0.125. The minimum atomic E-state index is -0.203. The van der Waals surface area contributed by atoms with Gasteiger partial charge >= 0.3 is 4.87 Å². The molecule has 1 aromatic heterocycles. The number of nitrogens with zero attached hydrogens (tertiary/aromatic N) is 1. The number of hydrogen-bond donors (Lipinski definition) is 1. The van der Waals surface area contributed by atoms with Crippen molar-refractivity contribution in [3.63, 3.8) is 0 Å². The second-order valence-corrected chi connectivity index (χ2v) is 5.79. The molecule has 1 amide bonds. The topological polar surface area (TPSA) is 60.3 Å². The van der Waals surface area contributed by atoms with Crippen LogP contribution < -0.4 is 14.9 Å². The molecule has 112 valence electrons. The van der Waals surface area contributed by atoms with E-state index in [1.807, 2.05) is 12.1 Å². The van der Waals surface area contributed by atoms with Crippen LogP contribution in [-0.2, 0) is 7.05 Å². The van der Waals surface area contributed by atoms with E-state index in [-0.39, 0.29) is 10.8 Å². The number of nitrogens with one attached hydrogen (secondary N) is 1. The normalized spacial score (nSPS) is 10.6. The molecule has 0 atom stereocenters. The number of thiazole rings is 1. The molecule has 0 unspecified atom stereocenters. The number of anilines is 1. The molecule has 6 heteroatoms. The van der Waals surface area contributed by atoms with E-state index < -0.39 is 0 Å². The zero-order valence-electron chi connectivity index (χ0n) is 12.1. The molecule has 0 aliphatic carbocycles. The molecule has 3 aromatic rings. The van der Waals surface area contributed by atoms with Crippen LogP contribution in [0.4, 0.5) is 5.69 Å². The van der Waals surface area contributed by atoms with E-state index in [1.165, 1.54) is 0 Å². The lowest BCUT2D eigenvalue weighted by molar-refractivity contribution is 0.102. The maximum Gasteiger partial charge on any atom is 0.307 e. The van der Waals surface area contributed by atoms with Crippen LogP contribution in [0.5, 0.6) is 5.75 Å². The number of aryl methyl sites for hydroxylation is 1. The molecule has 0 aliphatic rings. The summed E-state index contributed by atoms with van der Waals surface area (Å²) >= 11 is 1.16. The Hall–Kier alpha value is -2.60. The highest BCUT2D eigenvalue weighted by Crippen LogP contribution is 2.22. The highest BCUT2D eigenvalue weighted by Gasteiger charge is 2.09. The molecule has 2 aromatic carbocycles. The van der Waals surface area contributed by atoms with Crippen LogP contribution >= 0.6 is 11.3 Å². The van der Waals surface area contributed by atoms with Gasteiger partial charge in [-0.1, -0.05) is 11.3 Å². The Morgan fingerprint density at radius 3 is 2.59 bits per heavy atom. The van der Waals surface area contributed by atoms with Gasteiger partial charge < -0.3 is 14.6 Å². The number of carbonyl (C=O) groups excluding carboxylic acids is 1. The highest BCUT2D eigenvalue weighted by molar-refractivity contribution is 7.16. The Balaban J connectivity index is 1.85. The zero-order chi connectivity index (χ0) is 15.7. The smallest absolute Gasteiger partial charge is 0.307 e. The van der Waals surface area contributed by atoms with Gasteiger partial charge in [-0.05, 0) is 42.5 Å². The van der Waals surface area contributed by atoms with Crippen molar-refractivity contribution in [2.75, 3.05) is 12.4 Å². The number of hydrogen-bond acceptors (Lipinski definition) is 4. The van der Waals surface area contributed by atoms with Crippen molar-refractivity contribution in [1.29, 1.82) is 0 Å². The molecule has 0 saturated heterocycles. The average Bonchev–Trinajstić information content (AvgIpc) is 2.81. The van der Waals surface area contributed by atoms with Gasteiger partial charge in [0.15, 0.2) is 0 Å². The van der Waals surface area contributed by atoms with Crippen molar-refractivity contribution >= 4 is 33.1 Å². The second-order valence-electron chi connectivity index (χ2n) is 4.79. The van der Waals surface area contributed by atoms with Gasteiger partial charge in [-0.15, -0.1) is 0 Å². The number of methoxy groups -OCH3 is 1. The van der Waals surface area contributed by atoms with Gasteiger partial charge in [0.25, 0.3) is 5.91 Å². The molecule has 3 rings (SSSR count). The standard InChI is InChI=1S/C16H14N2O3S/c1-18-13-8-5-11(9-14(13)22-16(18)20)17-15(19)10-3-6-12(21-2)7-4-10/h3-9H,1-2H3,(H,17,19). The fourth-order valence-corrected chi connectivity index (χ4v) is 3.08. The number of carbonyl (C=O) groups is 1. The number of aromatic nitrogens is 1. The van der Waals surface area contributed by atoms with Crippen LogP contribution in [0.1, 0.15) is 10.4 Å². The molecule has 22 heavy (non-hydrogen) atoms. The summed E-state index contributed by atoms with van der Waals surface area (Å²) in [4.78, 5) is 23.8. The van der Waals surface area contributed by atoms with Crippen LogP contribution in [0.2, 0.25) is 0 Å². The van der Waals surface area contributed by atoms with E-state index in [0.29, 0.717) is 17.0 Å². The Morgan fingerprint density at radius 2 is 1.91 bits per heavy atom. The summed E-state index contributed by atoms with van der Waals surface area (Å²) in [5.74, 6) is 0.498. The largest absolute Gasteiger partial charge is 0.497 e. The van der Waals surface area contributed by atoms with Crippen LogP contribution in [-0.4, -0.2) is 17.6 Å². The first-order valence-electron chi connectivity index (χ1n) is 6.63. The Morgan fingerprint density at radius 1 is 1.18 bits per heavy atom. The van der Waals surface area contributed by atoms with Gasteiger partial charge in [0.1, 0.15) is 5.75 Å². The summed E-state index contributed by atoms with van der Waals surface area (Å²) in [5, 5.41) is 2.83. The Labute approximate surface area is 130 Å². The predicted molar refractivity (Wildman–Crippen MR) is 88.0 cm³/mol. The van der Waals surface area contributed by atoms with E-state index in [0.717, 1.165) is 21.6 Å². The van der Waals surface area contributed by atoms with Crippen LogP contribution in [0.3, 0.4) is 0 Å². The molecule has 0 radical (unpaired) electrons. The maximum atomic E-state index is 12.2. The number of ether oxygens (including phenoxy) is 1. The lowest BCUT2D eigenvalue weighted by atomic mass is 10.2. The van der Waals surface area contributed by atoms with E-state index in [2.05, 4.69) is 5.32 Å². The summed E-state index contributed by atoms with van der Waals surface area (Å²) in [7, 11) is 3.31. The first-order chi connectivity index (χ1) is 10.6. The average molecular weight is 314 g/mol. The molecule has 0 saturated carbocycles. The van der Waals surface area contributed by atoms with Crippen molar-refractivity contribution in [1.82, 2.24) is 4.57 Å².